The van der Waals surface area contributed by atoms with Gasteiger partial charge in [0.1, 0.15) is 5.82 Å². The Labute approximate surface area is 97.5 Å². The van der Waals surface area contributed by atoms with E-state index in [-0.39, 0.29) is 0 Å². The highest BCUT2D eigenvalue weighted by Crippen LogP contribution is 2.19. The topological polar surface area (TPSA) is 68.5 Å². The first-order valence-corrected chi connectivity index (χ1v) is 5.76. The van der Waals surface area contributed by atoms with Gasteiger partial charge in [-0.2, -0.15) is 0 Å². The van der Waals surface area contributed by atoms with Crippen molar-refractivity contribution in [2.24, 2.45) is 7.05 Å². The quantitative estimate of drug-likeness (QED) is 0.797. The van der Waals surface area contributed by atoms with E-state index in [4.69, 9.17) is 0 Å². The lowest BCUT2D eigenvalue weighted by Crippen LogP contribution is -1.94. The monoisotopic (exact) mass is 236 g/mol. The number of rotatable bonds is 4. The number of thioether (sulfide) groups is 1. The van der Waals surface area contributed by atoms with Crippen molar-refractivity contribution in [1.29, 1.82) is 0 Å². The molecule has 0 aromatic carbocycles. The van der Waals surface area contributed by atoms with Crippen molar-refractivity contribution >= 4 is 17.6 Å². The Balaban J connectivity index is 1.97. The molecule has 0 aliphatic carbocycles. The van der Waals surface area contributed by atoms with Gasteiger partial charge in [0, 0.05) is 26.0 Å². The normalized spacial score (nSPS) is 10.4. The molecule has 7 heteroatoms. The second-order valence-corrected chi connectivity index (χ2v) is 4.12. The first kappa shape index (κ1) is 10.9. The second kappa shape index (κ2) is 4.93. The van der Waals surface area contributed by atoms with Crippen molar-refractivity contribution in [3.05, 3.63) is 23.9 Å². The summed E-state index contributed by atoms with van der Waals surface area (Å²) in [5, 5.41) is 15.0. The molecule has 1 N–H and O–H groups in total. The predicted octanol–water partition coefficient (Wildman–Crippen LogP) is 0.939. The van der Waals surface area contributed by atoms with Crippen LogP contribution in [0.3, 0.4) is 0 Å². The molecule has 0 atom stereocenters. The predicted molar refractivity (Wildman–Crippen MR) is 62.1 cm³/mol. The third-order valence-electron chi connectivity index (χ3n) is 2.03. The van der Waals surface area contributed by atoms with Gasteiger partial charge < -0.3 is 5.32 Å². The minimum Gasteiger partial charge on any atom is -0.373 e. The number of hydrogen-bond donors (Lipinski definition) is 1. The second-order valence-electron chi connectivity index (χ2n) is 3.18. The summed E-state index contributed by atoms with van der Waals surface area (Å²) in [4.78, 5) is 4.24. The van der Waals surface area contributed by atoms with Crippen molar-refractivity contribution in [3.8, 4) is 0 Å². The van der Waals surface area contributed by atoms with Crippen LogP contribution in [0.5, 0.6) is 0 Å². The van der Waals surface area contributed by atoms with Crippen LogP contribution in [-0.2, 0) is 12.8 Å². The maximum atomic E-state index is 4.24. The minimum atomic E-state index is 0.803. The van der Waals surface area contributed by atoms with E-state index in [0.29, 0.717) is 0 Å². The molecule has 0 bridgehead atoms. The molecule has 0 saturated heterocycles. The molecule has 0 spiro atoms. The van der Waals surface area contributed by atoms with Crippen molar-refractivity contribution in [3.63, 3.8) is 0 Å². The molecule has 0 amide bonds. The summed E-state index contributed by atoms with van der Waals surface area (Å²) in [6.07, 6.45) is 1.85. The van der Waals surface area contributed by atoms with Crippen LogP contribution in [0.2, 0.25) is 0 Å². The molecule has 16 heavy (non-hydrogen) atoms. The standard InChI is InChI=1S/C9H12N6S/c1-10-8-4-3-7(5-11-8)6-16-9-12-13-14-15(9)2/h3-5H,6H2,1-2H3,(H,10,11). The molecule has 2 aromatic rings. The molecule has 6 nitrogen and oxygen atoms in total. The third-order valence-corrected chi connectivity index (χ3v) is 3.11. The first-order valence-electron chi connectivity index (χ1n) is 4.77. The molecule has 0 aliphatic heterocycles. The lowest BCUT2D eigenvalue weighted by molar-refractivity contribution is 0.664. The SMILES string of the molecule is CNc1ccc(CSc2nnnn2C)cn1. The van der Waals surface area contributed by atoms with E-state index in [1.54, 1.807) is 16.4 Å². The summed E-state index contributed by atoms with van der Waals surface area (Å²) in [6, 6.07) is 3.99. The van der Waals surface area contributed by atoms with E-state index in [1.165, 1.54) is 0 Å². The first-order chi connectivity index (χ1) is 7.79. The fraction of sp³-hybridized carbons (Fsp3) is 0.333. The Morgan fingerprint density at radius 1 is 1.44 bits per heavy atom. The largest absolute Gasteiger partial charge is 0.373 e. The van der Waals surface area contributed by atoms with Gasteiger partial charge in [0.05, 0.1) is 0 Å². The third kappa shape index (κ3) is 2.48. The average Bonchev–Trinajstić information content (AvgIpc) is 2.73. The van der Waals surface area contributed by atoms with E-state index >= 15 is 0 Å². The zero-order chi connectivity index (χ0) is 11.4. The number of pyridine rings is 1. The zero-order valence-electron chi connectivity index (χ0n) is 9.08. The molecular weight excluding hydrogens is 224 g/mol. The molecule has 84 valence electrons. The van der Waals surface area contributed by atoms with Crippen molar-refractivity contribution in [2.75, 3.05) is 12.4 Å². The molecular formula is C9H12N6S. The molecule has 0 aliphatic rings. The lowest BCUT2D eigenvalue weighted by Gasteiger charge is -2.01. The number of aryl methyl sites for hydroxylation is 1. The highest BCUT2D eigenvalue weighted by atomic mass is 32.2. The van der Waals surface area contributed by atoms with Crippen molar-refractivity contribution < 1.29 is 0 Å². The minimum absolute atomic E-state index is 0.803. The molecule has 0 radical (unpaired) electrons. The van der Waals surface area contributed by atoms with Gasteiger partial charge in [-0.15, -0.1) is 5.10 Å². The zero-order valence-corrected chi connectivity index (χ0v) is 9.90. The number of anilines is 1. The van der Waals surface area contributed by atoms with Gasteiger partial charge >= 0.3 is 0 Å². The van der Waals surface area contributed by atoms with E-state index in [0.717, 1.165) is 22.3 Å². The maximum Gasteiger partial charge on any atom is 0.209 e. The molecule has 2 rings (SSSR count). The molecule has 0 fully saturated rings. The van der Waals surface area contributed by atoms with Gasteiger partial charge in [-0.1, -0.05) is 17.8 Å². The van der Waals surface area contributed by atoms with Gasteiger partial charge in [-0.25, -0.2) is 9.67 Å². The Morgan fingerprint density at radius 2 is 2.31 bits per heavy atom. The summed E-state index contributed by atoms with van der Waals surface area (Å²) in [5.74, 6) is 1.68. The van der Waals surface area contributed by atoms with Crippen LogP contribution in [0.25, 0.3) is 0 Å². The number of nitrogens with one attached hydrogen (secondary N) is 1. The van der Waals surface area contributed by atoms with E-state index < -0.39 is 0 Å². The highest BCUT2D eigenvalue weighted by Gasteiger charge is 2.03. The summed E-state index contributed by atoms with van der Waals surface area (Å²) >= 11 is 1.59. The van der Waals surface area contributed by atoms with Crippen LogP contribution >= 0.6 is 11.8 Å². The maximum absolute atomic E-state index is 4.24. The Morgan fingerprint density at radius 3 is 2.88 bits per heavy atom. The molecule has 2 aromatic heterocycles. The average molecular weight is 236 g/mol. The number of aromatic nitrogens is 5. The fourth-order valence-corrected chi connectivity index (χ4v) is 1.93. The van der Waals surface area contributed by atoms with Crippen LogP contribution in [0.15, 0.2) is 23.5 Å². The van der Waals surface area contributed by atoms with Gasteiger partial charge in [0.25, 0.3) is 0 Å². The van der Waals surface area contributed by atoms with Gasteiger partial charge in [-0.05, 0) is 22.1 Å². The Kier molecular flexibility index (Phi) is 3.35. The highest BCUT2D eigenvalue weighted by molar-refractivity contribution is 7.98. The smallest absolute Gasteiger partial charge is 0.209 e. The number of tetrazole rings is 1. The van der Waals surface area contributed by atoms with E-state index in [1.807, 2.05) is 32.4 Å². The van der Waals surface area contributed by atoms with Crippen LogP contribution in [0.4, 0.5) is 5.82 Å². The lowest BCUT2D eigenvalue weighted by atomic mass is 10.3. The van der Waals surface area contributed by atoms with E-state index in [9.17, 15) is 0 Å². The molecule has 0 unspecified atom stereocenters. The summed E-state index contributed by atoms with van der Waals surface area (Å²) in [6.45, 7) is 0. The summed E-state index contributed by atoms with van der Waals surface area (Å²) in [5.41, 5.74) is 1.15. The van der Waals surface area contributed by atoms with Gasteiger partial charge in [0.15, 0.2) is 0 Å². The van der Waals surface area contributed by atoms with Crippen LogP contribution < -0.4 is 5.32 Å². The van der Waals surface area contributed by atoms with Gasteiger partial charge in [0.2, 0.25) is 5.16 Å². The van der Waals surface area contributed by atoms with E-state index in [2.05, 4.69) is 25.8 Å². The Bertz CT molecular complexity index is 451. The van der Waals surface area contributed by atoms with Crippen molar-refractivity contribution in [2.45, 2.75) is 10.9 Å². The van der Waals surface area contributed by atoms with Gasteiger partial charge in [-0.3, -0.25) is 0 Å². The Hall–Kier alpha value is -1.63. The molecule has 2 heterocycles. The van der Waals surface area contributed by atoms with Crippen LogP contribution in [0.1, 0.15) is 5.56 Å². The van der Waals surface area contributed by atoms with Crippen LogP contribution in [0, 0.1) is 0 Å². The number of hydrogen-bond acceptors (Lipinski definition) is 6. The summed E-state index contributed by atoms with van der Waals surface area (Å²) < 4.78 is 1.65. The number of nitrogens with zero attached hydrogens (tertiary/aromatic N) is 5. The fourth-order valence-electron chi connectivity index (χ4n) is 1.15. The molecule has 0 saturated carbocycles. The summed E-state index contributed by atoms with van der Waals surface area (Å²) in [7, 11) is 3.67. The van der Waals surface area contributed by atoms with Crippen LogP contribution in [-0.4, -0.2) is 32.2 Å². The van der Waals surface area contributed by atoms with Crippen molar-refractivity contribution in [1.82, 2.24) is 25.2 Å².